The van der Waals surface area contributed by atoms with Crippen molar-refractivity contribution < 1.29 is 19.2 Å². The minimum atomic E-state index is -0.688. The Labute approximate surface area is 158 Å². The van der Waals surface area contributed by atoms with E-state index in [1.54, 1.807) is 18.5 Å². The van der Waals surface area contributed by atoms with E-state index in [9.17, 15) is 14.0 Å². The predicted molar refractivity (Wildman–Crippen MR) is 96.7 cm³/mol. The molecule has 6 nitrogen and oxygen atoms in total. The Morgan fingerprint density at radius 2 is 1.96 bits per heavy atom. The number of hydrogen-bond acceptors (Lipinski definition) is 4. The molecule has 0 aromatic heterocycles. The number of fused-ring (bicyclic) bond motifs is 3. The number of nitrogens with one attached hydrogen (secondary N) is 1. The fourth-order valence-corrected chi connectivity index (χ4v) is 5.34. The SMILES string of the molecule is CC(=O)N1C2CCC1CC(CN1CCc3cc(C(=O)NO)cc(F)c3C1)C2. The molecule has 2 unspecified atom stereocenters. The van der Waals surface area contributed by atoms with Gasteiger partial charge in [-0.2, -0.15) is 0 Å². The highest BCUT2D eigenvalue weighted by Gasteiger charge is 2.42. The molecule has 2 fully saturated rings. The molecule has 2 saturated heterocycles. The predicted octanol–water partition coefficient (Wildman–Crippen LogP) is 2.09. The third-order valence-corrected chi connectivity index (χ3v) is 6.44. The lowest BCUT2D eigenvalue weighted by Crippen LogP contribution is -2.48. The van der Waals surface area contributed by atoms with Crippen LogP contribution in [0.5, 0.6) is 0 Å². The van der Waals surface area contributed by atoms with Gasteiger partial charge in [0.15, 0.2) is 0 Å². The molecule has 0 radical (unpaired) electrons. The minimum absolute atomic E-state index is 0.148. The van der Waals surface area contributed by atoms with Crippen LogP contribution in [0, 0.1) is 11.7 Å². The molecular formula is C20H26FN3O3. The fraction of sp³-hybridized carbons (Fsp3) is 0.600. The van der Waals surface area contributed by atoms with E-state index in [-0.39, 0.29) is 17.3 Å². The van der Waals surface area contributed by atoms with Gasteiger partial charge in [0, 0.05) is 49.8 Å². The molecule has 7 heteroatoms. The quantitative estimate of drug-likeness (QED) is 0.627. The summed E-state index contributed by atoms with van der Waals surface area (Å²) in [7, 11) is 0. The summed E-state index contributed by atoms with van der Waals surface area (Å²) < 4.78 is 14.5. The van der Waals surface area contributed by atoms with Gasteiger partial charge in [0.05, 0.1) is 0 Å². The Kier molecular flexibility index (Phi) is 4.90. The van der Waals surface area contributed by atoms with Gasteiger partial charge in [0.25, 0.3) is 5.91 Å². The maximum absolute atomic E-state index is 14.5. The first-order valence-electron chi connectivity index (χ1n) is 9.73. The second-order valence-corrected chi connectivity index (χ2v) is 8.17. The molecular weight excluding hydrogens is 349 g/mol. The first kappa shape index (κ1) is 18.4. The highest BCUT2D eigenvalue weighted by atomic mass is 19.1. The average Bonchev–Trinajstić information content (AvgIpc) is 2.93. The van der Waals surface area contributed by atoms with Crippen molar-refractivity contribution in [3.05, 3.63) is 34.6 Å². The van der Waals surface area contributed by atoms with E-state index >= 15 is 0 Å². The van der Waals surface area contributed by atoms with Gasteiger partial charge in [-0.3, -0.25) is 19.7 Å². The van der Waals surface area contributed by atoms with E-state index in [4.69, 9.17) is 5.21 Å². The molecule has 0 aliphatic carbocycles. The number of nitrogens with zero attached hydrogens (tertiary/aromatic N) is 2. The number of piperidine rings is 1. The van der Waals surface area contributed by atoms with Crippen molar-refractivity contribution >= 4 is 11.8 Å². The third kappa shape index (κ3) is 3.46. The van der Waals surface area contributed by atoms with E-state index in [1.165, 1.54) is 6.07 Å². The second kappa shape index (κ2) is 7.20. The number of hydroxylamine groups is 1. The Bertz CT molecular complexity index is 755. The molecule has 2 atom stereocenters. The molecule has 2 bridgehead atoms. The van der Waals surface area contributed by atoms with E-state index in [0.717, 1.165) is 44.3 Å². The zero-order valence-corrected chi connectivity index (χ0v) is 15.6. The van der Waals surface area contributed by atoms with E-state index in [2.05, 4.69) is 9.80 Å². The number of amides is 2. The highest BCUT2D eigenvalue weighted by Crippen LogP contribution is 2.39. The van der Waals surface area contributed by atoms with Crippen molar-refractivity contribution in [1.29, 1.82) is 0 Å². The van der Waals surface area contributed by atoms with Gasteiger partial charge < -0.3 is 4.90 Å². The summed E-state index contributed by atoms with van der Waals surface area (Å²) >= 11 is 0. The zero-order valence-electron chi connectivity index (χ0n) is 15.6. The minimum Gasteiger partial charge on any atom is -0.337 e. The maximum Gasteiger partial charge on any atom is 0.274 e. The van der Waals surface area contributed by atoms with Gasteiger partial charge in [-0.15, -0.1) is 0 Å². The van der Waals surface area contributed by atoms with Crippen molar-refractivity contribution in [2.45, 2.75) is 57.7 Å². The van der Waals surface area contributed by atoms with Gasteiger partial charge in [-0.25, -0.2) is 9.87 Å². The molecule has 0 spiro atoms. The summed E-state index contributed by atoms with van der Waals surface area (Å²) in [5.41, 5.74) is 3.20. The summed E-state index contributed by atoms with van der Waals surface area (Å²) in [6.07, 6.45) is 4.98. The van der Waals surface area contributed by atoms with Crippen LogP contribution in [0.1, 0.15) is 54.1 Å². The van der Waals surface area contributed by atoms with Gasteiger partial charge >= 0.3 is 0 Å². The highest BCUT2D eigenvalue weighted by molar-refractivity contribution is 5.93. The van der Waals surface area contributed by atoms with Gasteiger partial charge in [-0.1, -0.05) is 0 Å². The van der Waals surface area contributed by atoms with Crippen LogP contribution in [0.4, 0.5) is 4.39 Å². The summed E-state index contributed by atoms with van der Waals surface area (Å²) in [4.78, 5) is 27.8. The van der Waals surface area contributed by atoms with Crippen molar-refractivity contribution in [1.82, 2.24) is 15.3 Å². The third-order valence-electron chi connectivity index (χ3n) is 6.44. The molecule has 3 aliphatic heterocycles. The van der Waals surface area contributed by atoms with Crippen molar-refractivity contribution in [3.8, 4) is 0 Å². The number of carbonyl (C=O) groups excluding carboxylic acids is 2. The Balaban J connectivity index is 1.42. The number of carbonyl (C=O) groups is 2. The first-order chi connectivity index (χ1) is 13.0. The lowest BCUT2D eigenvalue weighted by molar-refractivity contribution is -0.134. The number of hydrogen-bond donors (Lipinski definition) is 2. The van der Waals surface area contributed by atoms with Crippen LogP contribution in [-0.4, -0.2) is 52.0 Å². The smallest absolute Gasteiger partial charge is 0.274 e. The molecule has 27 heavy (non-hydrogen) atoms. The van der Waals surface area contributed by atoms with Crippen LogP contribution < -0.4 is 5.48 Å². The van der Waals surface area contributed by atoms with Crippen LogP contribution in [0.3, 0.4) is 0 Å². The fourth-order valence-electron chi connectivity index (χ4n) is 5.34. The van der Waals surface area contributed by atoms with E-state index in [0.29, 0.717) is 36.5 Å². The Hall–Kier alpha value is -1.99. The van der Waals surface area contributed by atoms with Gasteiger partial charge in [0.2, 0.25) is 5.91 Å². The molecule has 4 rings (SSSR count). The Morgan fingerprint density at radius 3 is 2.59 bits per heavy atom. The largest absolute Gasteiger partial charge is 0.337 e. The van der Waals surface area contributed by atoms with Crippen LogP contribution in [0.15, 0.2) is 12.1 Å². The zero-order chi connectivity index (χ0) is 19.1. The summed E-state index contributed by atoms with van der Waals surface area (Å²) in [6.45, 7) is 3.97. The lowest BCUT2D eigenvalue weighted by Gasteiger charge is -2.41. The molecule has 2 amide bonds. The van der Waals surface area contributed by atoms with Crippen LogP contribution in [0.25, 0.3) is 0 Å². The lowest BCUT2D eigenvalue weighted by atomic mass is 9.89. The van der Waals surface area contributed by atoms with Gasteiger partial charge in [0.1, 0.15) is 5.82 Å². The topological polar surface area (TPSA) is 72.9 Å². The van der Waals surface area contributed by atoms with Crippen LogP contribution >= 0.6 is 0 Å². The molecule has 1 aromatic carbocycles. The number of halogens is 1. The molecule has 3 aliphatic rings. The summed E-state index contributed by atoms with van der Waals surface area (Å²) in [6, 6.07) is 3.62. The number of rotatable bonds is 3. The maximum atomic E-state index is 14.5. The van der Waals surface area contributed by atoms with Crippen LogP contribution in [-0.2, 0) is 17.8 Å². The monoisotopic (exact) mass is 375 g/mol. The second-order valence-electron chi connectivity index (χ2n) is 8.17. The molecule has 0 saturated carbocycles. The summed E-state index contributed by atoms with van der Waals surface area (Å²) in [5, 5.41) is 8.75. The Morgan fingerprint density at radius 1 is 1.26 bits per heavy atom. The van der Waals surface area contributed by atoms with Crippen molar-refractivity contribution in [2.24, 2.45) is 5.92 Å². The van der Waals surface area contributed by atoms with E-state index in [1.807, 2.05) is 0 Å². The summed E-state index contributed by atoms with van der Waals surface area (Å²) in [5.74, 6) is -0.339. The standard InChI is InChI=1S/C20H26FN3O3/c1-12(25)24-16-2-3-17(24)7-13(6-16)10-23-5-4-14-8-15(20(26)22-27)9-19(21)18(14)11-23/h8-9,13,16-17,27H,2-7,10-11H2,1H3,(H,22,26). The number of benzene rings is 1. The van der Waals surface area contributed by atoms with Gasteiger partial charge in [-0.05, 0) is 55.7 Å². The first-order valence-corrected chi connectivity index (χ1v) is 9.73. The normalized spacial score (nSPS) is 27.4. The molecule has 3 heterocycles. The average molecular weight is 375 g/mol. The molecule has 146 valence electrons. The van der Waals surface area contributed by atoms with Crippen LogP contribution in [0.2, 0.25) is 0 Å². The molecule has 1 aromatic rings. The molecule has 2 N–H and O–H groups in total. The van der Waals surface area contributed by atoms with E-state index < -0.39 is 5.91 Å². The van der Waals surface area contributed by atoms with Crippen molar-refractivity contribution in [2.75, 3.05) is 13.1 Å². The van der Waals surface area contributed by atoms with Crippen molar-refractivity contribution in [3.63, 3.8) is 0 Å².